The summed E-state index contributed by atoms with van der Waals surface area (Å²) >= 11 is 0. The van der Waals surface area contributed by atoms with Crippen LogP contribution in [0, 0.1) is 22.0 Å². The van der Waals surface area contributed by atoms with Gasteiger partial charge in [0.2, 0.25) is 5.91 Å². The normalized spacial score (nSPS) is 21.0. The molecule has 0 unspecified atom stereocenters. The van der Waals surface area contributed by atoms with Gasteiger partial charge in [0.1, 0.15) is 0 Å². The molecule has 0 radical (unpaired) electrons. The number of likely N-dealkylation sites (tertiary alicyclic amines) is 1. The standard InChI is InChI=1S/C18H23N5O3/c24-18(19-9-13-3-4-13)15-2-1-7-21(11-15)12-22-17-8-16(23(25)26)6-5-14(17)10-20-22/h5-6,8,10,13,15H,1-4,7,9,11-12H2,(H,19,24)/t15-/m0/s1. The largest absolute Gasteiger partial charge is 0.356 e. The van der Waals surface area contributed by atoms with E-state index in [4.69, 9.17) is 0 Å². The molecule has 2 fully saturated rings. The van der Waals surface area contributed by atoms with Crippen LogP contribution in [0.1, 0.15) is 25.7 Å². The average molecular weight is 357 g/mol. The molecule has 2 aliphatic rings. The van der Waals surface area contributed by atoms with Crippen LogP contribution < -0.4 is 5.32 Å². The summed E-state index contributed by atoms with van der Waals surface area (Å²) in [5, 5.41) is 19.4. The first-order valence-corrected chi connectivity index (χ1v) is 9.20. The molecule has 1 aliphatic heterocycles. The Kier molecular flexibility index (Phi) is 4.58. The van der Waals surface area contributed by atoms with E-state index < -0.39 is 4.92 Å². The molecule has 4 rings (SSSR count). The van der Waals surface area contributed by atoms with Crippen LogP contribution >= 0.6 is 0 Å². The Morgan fingerprint density at radius 2 is 2.19 bits per heavy atom. The number of amides is 1. The maximum atomic E-state index is 12.4. The Balaban J connectivity index is 1.42. The number of nitro benzene ring substituents is 1. The lowest BCUT2D eigenvalue weighted by molar-refractivity contribution is -0.384. The van der Waals surface area contributed by atoms with Gasteiger partial charge in [-0.25, -0.2) is 0 Å². The van der Waals surface area contributed by atoms with Gasteiger partial charge in [-0.15, -0.1) is 0 Å². The fourth-order valence-corrected chi connectivity index (χ4v) is 3.58. The first kappa shape index (κ1) is 17.0. The van der Waals surface area contributed by atoms with Crippen LogP contribution in [-0.2, 0) is 11.5 Å². The van der Waals surface area contributed by atoms with Crippen molar-refractivity contribution in [3.05, 3.63) is 34.5 Å². The second-order valence-corrected chi connectivity index (χ2v) is 7.39. The van der Waals surface area contributed by atoms with E-state index in [1.165, 1.54) is 18.9 Å². The smallest absolute Gasteiger partial charge is 0.271 e. The van der Waals surface area contributed by atoms with Gasteiger partial charge in [0.05, 0.1) is 29.2 Å². The van der Waals surface area contributed by atoms with Crippen LogP contribution in [0.4, 0.5) is 5.69 Å². The minimum absolute atomic E-state index is 0.0127. The number of carbonyl (C=O) groups is 1. The Morgan fingerprint density at radius 3 is 2.96 bits per heavy atom. The number of hydrogen-bond donors (Lipinski definition) is 1. The SMILES string of the molecule is O=C(NCC1CC1)[C@H]1CCCN(Cn2ncc3ccc([N+](=O)[O-])cc32)C1. The third-order valence-corrected chi connectivity index (χ3v) is 5.31. The number of nitrogens with zero attached hydrogens (tertiary/aromatic N) is 4. The van der Waals surface area contributed by atoms with E-state index in [0.717, 1.165) is 36.8 Å². The van der Waals surface area contributed by atoms with Crippen LogP contribution in [0.3, 0.4) is 0 Å². The molecule has 0 bridgehead atoms. The van der Waals surface area contributed by atoms with Crippen LogP contribution in [0.2, 0.25) is 0 Å². The van der Waals surface area contributed by atoms with Crippen molar-refractivity contribution in [2.24, 2.45) is 11.8 Å². The third-order valence-electron chi connectivity index (χ3n) is 5.31. The molecule has 2 aromatic rings. The minimum atomic E-state index is -0.391. The highest BCUT2D eigenvalue weighted by Crippen LogP contribution is 2.28. The second kappa shape index (κ2) is 7.03. The number of rotatable bonds is 6. The lowest BCUT2D eigenvalue weighted by Crippen LogP contribution is -2.44. The molecule has 1 amide bonds. The Morgan fingerprint density at radius 1 is 1.35 bits per heavy atom. The number of fused-ring (bicyclic) bond motifs is 1. The number of nitrogens with one attached hydrogen (secondary N) is 1. The molecule has 1 saturated heterocycles. The molecule has 1 aromatic carbocycles. The lowest BCUT2D eigenvalue weighted by Gasteiger charge is -2.31. The highest BCUT2D eigenvalue weighted by Gasteiger charge is 2.28. The molecule has 1 N–H and O–H groups in total. The highest BCUT2D eigenvalue weighted by molar-refractivity contribution is 5.81. The van der Waals surface area contributed by atoms with Gasteiger partial charge >= 0.3 is 0 Å². The van der Waals surface area contributed by atoms with Crippen LogP contribution in [0.5, 0.6) is 0 Å². The zero-order chi connectivity index (χ0) is 18.1. The zero-order valence-electron chi connectivity index (χ0n) is 14.6. The highest BCUT2D eigenvalue weighted by atomic mass is 16.6. The summed E-state index contributed by atoms with van der Waals surface area (Å²) in [6, 6.07) is 4.78. The van der Waals surface area contributed by atoms with Gasteiger partial charge < -0.3 is 5.32 Å². The van der Waals surface area contributed by atoms with Gasteiger partial charge in [-0.1, -0.05) is 0 Å². The maximum Gasteiger partial charge on any atom is 0.271 e. The topological polar surface area (TPSA) is 93.3 Å². The third kappa shape index (κ3) is 3.70. The van der Waals surface area contributed by atoms with Crippen molar-refractivity contribution in [1.29, 1.82) is 0 Å². The maximum absolute atomic E-state index is 12.4. The average Bonchev–Trinajstić information content (AvgIpc) is 3.40. The van der Waals surface area contributed by atoms with Crippen LogP contribution in [-0.4, -0.2) is 45.1 Å². The molecule has 8 nitrogen and oxygen atoms in total. The predicted octanol–water partition coefficient (Wildman–Crippen LogP) is 2.14. The Labute approximate surface area is 151 Å². The molecule has 0 spiro atoms. The first-order chi connectivity index (χ1) is 12.6. The fraction of sp³-hybridized carbons (Fsp3) is 0.556. The predicted molar refractivity (Wildman–Crippen MR) is 96.4 cm³/mol. The number of benzene rings is 1. The van der Waals surface area contributed by atoms with E-state index in [9.17, 15) is 14.9 Å². The number of piperidine rings is 1. The molecule has 8 heteroatoms. The van der Waals surface area contributed by atoms with Gasteiger partial charge in [0.25, 0.3) is 5.69 Å². The summed E-state index contributed by atoms with van der Waals surface area (Å²) in [5.41, 5.74) is 0.815. The van der Waals surface area contributed by atoms with Crippen LogP contribution in [0.25, 0.3) is 10.9 Å². The molecule has 1 aromatic heterocycles. The van der Waals surface area contributed by atoms with Crippen molar-refractivity contribution >= 4 is 22.5 Å². The van der Waals surface area contributed by atoms with Gasteiger partial charge in [-0.2, -0.15) is 5.10 Å². The summed E-state index contributed by atoms with van der Waals surface area (Å²) in [4.78, 5) is 25.2. The van der Waals surface area contributed by atoms with E-state index >= 15 is 0 Å². The molecule has 1 atom stereocenters. The van der Waals surface area contributed by atoms with Gasteiger partial charge in [-0.3, -0.25) is 24.5 Å². The monoisotopic (exact) mass is 357 g/mol. The number of hydrogen-bond acceptors (Lipinski definition) is 5. The minimum Gasteiger partial charge on any atom is -0.356 e. The van der Waals surface area contributed by atoms with Crippen molar-refractivity contribution in [2.75, 3.05) is 19.6 Å². The fourth-order valence-electron chi connectivity index (χ4n) is 3.58. The molecular weight excluding hydrogens is 334 g/mol. The Hall–Kier alpha value is -2.48. The molecule has 2 heterocycles. The quantitative estimate of drug-likeness (QED) is 0.631. The van der Waals surface area contributed by atoms with Crippen molar-refractivity contribution in [3.8, 4) is 0 Å². The summed E-state index contributed by atoms with van der Waals surface area (Å²) in [6.07, 6.45) is 6.08. The van der Waals surface area contributed by atoms with Crippen LogP contribution in [0.15, 0.2) is 24.4 Å². The summed E-state index contributed by atoms with van der Waals surface area (Å²) < 4.78 is 1.78. The first-order valence-electron chi connectivity index (χ1n) is 9.20. The van der Waals surface area contributed by atoms with E-state index in [1.54, 1.807) is 23.0 Å². The second-order valence-electron chi connectivity index (χ2n) is 7.39. The Bertz CT molecular complexity index is 829. The van der Waals surface area contributed by atoms with E-state index in [-0.39, 0.29) is 17.5 Å². The van der Waals surface area contributed by atoms with E-state index in [0.29, 0.717) is 19.1 Å². The molecule has 26 heavy (non-hydrogen) atoms. The van der Waals surface area contributed by atoms with Gasteiger partial charge in [0, 0.05) is 30.6 Å². The van der Waals surface area contributed by atoms with E-state index in [2.05, 4.69) is 15.3 Å². The van der Waals surface area contributed by atoms with E-state index in [1.807, 2.05) is 0 Å². The number of carbonyl (C=O) groups excluding carboxylic acids is 1. The molecule has 1 aliphatic carbocycles. The summed E-state index contributed by atoms with van der Waals surface area (Å²) in [5.74, 6) is 0.853. The molecular formula is C18H23N5O3. The zero-order valence-corrected chi connectivity index (χ0v) is 14.6. The summed E-state index contributed by atoms with van der Waals surface area (Å²) in [7, 11) is 0. The van der Waals surface area contributed by atoms with Crippen molar-refractivity contribution in [2.45, 2.75) is 32.4 Å². The van der Waals surface area contributed by atoms with Gasteiger partial charge in [-0.05, 0) is 44.2 Å². The van der Waals surface area contributed by atoms with Crippen molar-refractivity contribution in [3.63, 3.8) is 0 Å². The van der Waals surface area contributed by atoms with Crippen molar-refractivity contribution in [1.82, 2.24) is 20.0 Å². The number of non-ortho nitro benzene ring substituents is 1. The number of aromatic nitrogens is 2. The summed E-state index contributed by atoms with van der Waals surface area (Å²) in [6.45, 7) is 2.95. The van der Waals surface area contributed by atoms with Crippen molar-refractivity contribution < 1.29 is 9.72 Å². The number of nitro groups is 1. The lowest BCUT2D eigenvalue weighted by atomic mass is 9.97. The molecule has 138 valence electrons. The molecule has 1 saturated carbocycles. The van der Waals surface area contributed by atoms with Gasteiger partial charge in [0.15, 0.2) is 0 Å².